The van der Waals surface area contributed by atoms with Crippen LogP contribution in [-0.2, 0) is 73.8 Å². The van der Waals surface area contributed by atoms with E-state index in [2.05, 4.69) is 74.7 Å². The van der Waals surface area contributed by atoms with Crippen LogP contribution in [0.1, 0.15) is 22.3 Å². The van der Waals surface area contributed by atoms with Gasteiger partial charge in [0.25, 0.3) is 0 Å². The van der Waals surface area contributed by atoms with Gasteiger partial charge in [-0.3, -0.25) is 9.97 Å². The van der Waals surface area contributed by atoms with Crippen molar-refractivity contribution < 1.29 is 73.8 Å². The fraction of sp³-hybridized carbons (Fsp3) is 0.143. The third-order valence-electron chi connectivity index (χ3n) is 3.28. The van der Waals surface area contributed by atoms with Crippen molar-refractivity contribution in [3.63, 3.8) is 0 Å². The minimum absolute atomic E-state index is 0. The summed E-state index contributed by atoms with van der Waals surface area (Å²) in [6.45, 7) is 26.2. The van der Waals surface area contributed by atoms with E-state index < -0.39 is 0 Å². The Morgan fingerprint density at radius 3 is 0.919 bits per heavy atom. The molecule has 0 saturated heterocycles. The molecule has 0 aliphatic heterocycles. The molecule has 4 rings (SSSR count). The summed E-state index contributed by atoms with van der Waals surface area (Å²) in [5.41, 5.74) is 5.11. The fourth-order valence-electron chi connectivity index (χ4n) is 1.84. The number of hydrogen-bond acceptors (Lipinski definition) is 2. The molecular formula is C28H28Mn2N2O4Pt. The van der Waals surface area contributed by atoms with Gasteiger partial charge in [0.05, 0.1) is 0 Å². The van der Waals surface area contributed by atoms with Crippen molar-refractivity contribution in [2.24, 2.45) is 0 Å². The van der Waals surface area contributed by atoms with Gasteiger partial charge in [-0.05, 0) is 37.1 Å². The van der Waals surface area contributed by atoms with Gasteiger partial charge in [0, 0.05) is 45.9 Å². The second-order valence-corrected chi connectivity index (χ2v) is 5.99. The largest absolute Gasteiger partial charge is 1.00 e. The molecule has 0 spiro atoms. The number of rotatable bonds is 0. The van der Waals surface area contributed by atoms with Crippen LogP contribution in [0.15, 0.2) is 97.6 Å². The summed E-state index contributed by atoms with van der Waals surface area (Å²) in [6.07, 6.45) is 7.21. The number of pyridine rings is 2. The molecule has 2 aromatic carbocycles. The van der Waals surface area contributed by atoms with Crippen molar-refractivity contribution >= 4 is 0 Å². The Hall–Kier alpha value is -2.31. The zero-order valence-corrected chi connectivity index (χ0v) is 25.5. The van der Waals surface area contributed by atoms with Gasteiger partial charge in [-0.15, -0.1) is 0 Å². The predicted octanol–water partition coefficient (Wildman–Crippen LogP) is 6.05. The molecule has 2 heterocycles. The molecule has 0 bridgehead atoms. The van der Waals surface area contributed by atoms with Crippen LogP contribution in [0.25, 0.3) is 0 Å². The van der Waals surface area contributed by atoms with E-state index in [-0.39, 0.29) is 55.2 Å². The molecule has 198 valence electrons. The van der Waals surface area contributed by atoms with Crippen LogP contribution in [0.3, 0.4) is 0 Å². The molecule has 0 N–H and O–H groups in total. The molecule has 0 aliphatic carbocycles. The number of aryl methyl sites for hydroxylation is 4. The zero-order valence-electron chi connectivity index (χ0n) is 20.8. The Morgan fingerprint density at radius 1 is 0.541 bits per heavy atom. The average molecular weight is 761 g/mol. The van der Waals surface area contributed by atoms with Crippen molar-refractivity contribution in [1.29, 1.82) is 0 Å². The van der Waals surface area contributed by atoms with E-state index >= 15 is 0 Å². The van der Waals surface area contributed by atoms with Crippen LogP contribution < -0.4 is 0 Å². The summed E-state index contributed by atoms with van der Waals surface area (Å²) in [5.74, 6) is 0. The van der Waals surface area contributed by atoms with Crippen molar-refractivity contribution in [2.75, 3.05) is 0 Å². The third kappa shape index (κ3) is 44.1. The van der Waals surface area contributed by atoms with E-state index in [0.29, 0.717) is 0 Å². The van der Waals surface area contributed by atoms with E-state index in [4.69, 9.17) is 18.6 Å². The quantitative estimate of drug-likeness (QED) is 0.124. The molecule has 0 fully saturated rings. The van der Waals surface area contributed by atoms with Gasteiger partial charge < -0.3 is 0 Å². The third-order valence-corrected chi connectivity index (χ3v) is 3.28. The Balaban J connectivity index is -0.0000000581. The first-order valence-electron chi connectivity index (χ1n) is 9.49. The van der Waals surface area contributed by atoms with Crippen LogP contribution in [0, 0.1) is 54.3 Å². The molecule has 0 unspecified atom stereocenters. The van der Waals surface area contributed by atoms with Crippen molar-refractivity contribution in [3.05, 3.63) is 146 Å². The van der Waals surface area contributed by atoms with E-state index in [1.807, 2.05) is 74.8 Å². The maximum absolute atomic E-state index is 7.50. The summed E-state index contributed by atoms with van der Waals surface area (Å²) in [4.78, 5) is 7.77. The first-order valence-corrected chi connectivity index (χ1v) is 9.49. The molecule has 6 nitrogen and oxygen atoms in total. The minimum Gasteiger partial charge on any atom is 0 e. The van der Waals surface area contributed by atoms with Crippen LogP contribution in [0.4, 0.5) is 0 Å². The summed E-state index contributed by atoms with van der Waals surface area (Å²) in [7, 11) is 0. The van der Waals surface area contributed by atoms with Crippen LogP contribution in [0.2, 0.25) is 0 Å². The SMILES string of the molecule is Cc1ccc[cH-]1.Cc1ccc[cH-]1.Cc1cccnc1.Cc1cccnc1.[C-]#[O+].[C-]#[O+].[C-]#[O+].[C-]#[O+].[Mn+].[Mn+].[Pt]. The zero-order chi connectivity index (χ0) is 27.0. The smallest absolute Gasteiger partial charge is 0 e. The van der Waals surface area contributed by atoms with Crippen LogP contribution >= 0.6 is 0 Å². The Morgan fingerprint density at radius 2 is 0.838 bits per heavy atom. The second kappa shape index (κ2) is 47.0. The Bertz CT molecular complexity index is 863. The van der Waals surface area contributed by atoms with Crippen LogP contribution in [-0.4, -0.2) is 9.97 Å². The van der Waals surface area contributed by atoms with Gasteiger partial charge in [-0.2, -0.15) is 35.4 Å². The van der Waals surface area contributed by atoms with Crippen molar-refractivity contribution in [1.82, 2.24) is 9.97 Å². The molecule has 0 radical (unpaired) electrons. The summed E-state index contributed by atoms with van der Waals surface area (Å²) >= 11 is 0. The molecule has 0 aliphatic rings. The first kappa shape index (κ1) is 51.4. The standard InChI is InChI=1S/2C6H7N.2C6H7.4CO.2Mn.Pt/c2*1-6-3-2-4-7-5-6;2*1-6-4-2-3-5-6;4*1-2;;;/h2*2-5H,1H3;2*2-5H,1H3;;;;;;;/q;;2*-1;;;;;2*+1;. The number of hydrogen-bond donors (Lipinski definition) is 0. The topological polar surface area (TPSA) is 105 Å². The number of aromatic nitrogens is 2. The molecule has 9 heteroatoms. The van der Waals surface area contributed by atoms with Gasteiger partial charge in [-0.1, -0.05) is 26.0 Å². The van der Waals surface area contributed by atoms with E-state index in [1.54, 1.807) is 12.4 Å². The predicted molar refractivity (Wildman–Crippen MR) is 127 cm³/mol. The maximum atomic E-state index is 7.50. The summed E-state index contributed by atoms with van der Waals surface area (Å²) in [6, 6.07) is 24.4. The Labute approximate surface area is 256 Å². The van der Waals surface area contributed by atoms with Gasteiger partial charge in [0.15, 0.2) is 0 Å². The second-order valence-electron chi connectivity index (χ2n) is 5.99. The van der Waals surface area contributed by atoms with E-state index in [9.17, 15) is 0 Å². The summed E-state index contributed by atoms with van der Waals surface area (Å²) < 4.78 is 30.0. The molecule has 4 aromatic rings. The molecular weight excluding hydrogens is 733 g/mol. The average Bonchev–Trinajstić information content (AvgIpc) is 3.60. The molecule has 0 saturated carbocycles. The Kier molecular flexibility index (Phi) is 65.2. The molecule has 0 amide bonds. The molecule has 0 atom stereocenters. The van der Waals surface area contributed by atoms with Gasteiger partial charge in [0.2, 0.25) is 0 Å². The van der Waals surface area contributed by atoms with Crippen molar-refractivity contribution in [2.45, 2.75) is 27.7 Å². The first-order chi connectivity index (χ1) is 16.6. The normalized spacial score (nSPS) is 6.38. The van der Waals surface area contributed by atoms with Crippen molar-refractivity contribution in [3.8, 4) is 0 Å². The van der Waals surface area contributed by atoms with Gasteiger partial charge in [0.1, 0.15) is 0 Å². The number of nitrogens with zero attached hydrogens (tertiary/aromatic N) is 2. The van der Waals surface area contributed by atoms with Gasteiger partial charge in [-0.25, -0.2) is 24.3 Å². The van der Waals surface area contributed by atoms with Crippen LogP contribution in [0.5, 0.6) is 0 Å². The van der Waals surface area contributed by atoms with E-state index in [1.165, 1.54) is 22.3 Å². The van der Waals surface area contributed by atoms with E-state index in [0.717, 1.165) is 0 Å². The fourth-order valence-corrected chi connectivity index (χ4v) is 1.84. The molecule has 37 heavy (non-hydrogen) atoms. The molecule has 2 aromatic heterocycles. The maximum Gasteiger partial charge on any atom is 1.00 e. The van der Waals surface area contributed by atoms with Gasteiger partial charge >= 0.3 is 79.3 Å². The minimum atomic E-state index is 0. The summed E-state index contributed by atoms with van der Waals surface area (Å²) in [5, 5.41) is 0. The monoisotopic (exact) mass is 761 g/mol.